The number of carbonyl (C=O) groups is 1. The van der Waals surface area contributed by atoms with Crippen LogP contribution in [0, 0.1) is 0 Å². The maximum absolute atomic E-state index is 11.6. The Labute approximate surface area is 120 Å². The molecule has 0 bridgehead atoms. The van der Waals surface area contributed by atoms with Crippen LogP contribution in [0.4, 0.5) is 5.69 Å². The number of nitrogens with zero attached hydrogens (tertiary/aromatic N) is 1. The molecular weight excluding hydrogens is 252 g/mol. The number of benzene rings is 1. The van der Waals surface area contributed by atoms with Gasteiger partial charge in [0.1, 0.15) is 0 Å². The van der Waals surface area contributed by atoms with Crippen molar-refractivity contribution >= 4 is 11.6 Å². The van der Waals surface area contributed by atoms with Gasteiger partial charge < -0.3 is 15.4 Å². The SMILES string of the molecule is CCCOc1c(C(N)=O)cccc1N1CCCCC1C. The molecule has 1 aliphatic heterocycles. The average Bonchev–Trinajstić information content (AvgIpc) is 2.45. The summed E-state index contributed by atoms with van der Waals surface area (Å²) in [5, 5.41) is 0. The molecule has 1 atom stereocenters. The fraction of sp³-hybridized carbons (Fsp3) is 0.562. The maximum Gasteiger partial charge on any atom is 0.252 e. The normalized spacial score (nSPS) is 18.9. The van der Waals surface area contributed by atoms with Gasteiger partial charge in [-0.15, -0.1) is 0 Å². The minimum Gasteiger partial charge on any atom is -0.491 e. The van der Waals surface area contributed by atoms with E-state index in [1.54, 1.807) is 6.07 Å². The van der Waals surface area contributed by atoms with E-state index in [1.165, 1.54) is 19.3 Å². The van der Waals surface area contributed by atoms with Crippen LogP contribution in [-0.2, 0) is 0 Å². The molecule has 1 heterocycles. The molecule has 4 nitrogen and oxygen atoms in total. The van der Waals surface area contributed by atoms with Gasteiger partial charge in [0.2, 0.25) is 0 Å². The van der Waals surface area contributed by atoms with Crippen molar-refractivity contribution in [1.82, 2.24) is 0 Å². The van der Waals surface area contributed by atoms with Crippen LogP contribution in [0.5, 0.6) is 5.75 Å². The van der Waals surface area contributed by atoms with Crippen LogP contribution in [0.2, 0.25) is 0 Å². The summed E-state index contributed by atoms with van der Waals surface area (Å²) in [6, 6.07) is 6.12. The fourth-order valence-electron chi connectivity index (χ4n) is 2.76. The molecule has 0 aliphatic carbocycles. The third-order valence-corrected chi connectivity index (χ3v) is 3.82. The number of rotatable bonds is 5. The minimum absolute atomic E-state index is 0.428. The monoisotopic (exact) mass is 276 g/mol. The Hall–Kier alpha value is -1.71. The molecule has 1 aromatic carbocycles. The summed E-state index contributed by atoms with van der Waals surface area (Å²) in [6.45, 7) is 5.88. The highest BCUT2D eigenvalue weighted by Gasteiger charge is 2.24. The summed E-state index contributed by atoms with van der Waals surface area (Å²) in [5.41, 5.74) is 6.96. The number of hydrogen-bond acceptors (Lipinski definition) is 3. The second-order valence-corrected chi connectivity index (χ2v) is 5.40. The molecule has 0 aromatic heterocycles. The molecule has 0 radical (unpaired) electrons. The lowest BCUT2D eigenvalue weighted by atomic mass is 10.0. The Morgan fingerprint density at radius 2 is 2.25 bits per heavy atom. The molecule has 1 saturated heterocycles. The second kappa shape index (κ2) is 6.64. The topological polar surface area (TPSA) is 55.6 Å². The molecule has 1 aliphatic rings. The average molecular weight is 276 g/mol. The van der Waals surface area contributed by atoms with E-state index < -0.39 is 5.91 Å². The first-order chi connectivity index (χ1) is 9.65. The zero-order valence-corrected chi connectivity index (χ0v) is 12.4. The summed E-state index contributed by atoms with van der Waals surface area (Å²) >= 11 is 0. The molecule has 4 heteroatoms. The lowest BCUT2D eigenvalue weighted by Gasteiger charge is -2.36. The van der Waals surface area contributed by atoms with Gasteiger partial charge in [0.25, 0.3) is 5.91 Å². The van der Waals surface area contributed by atoms with E-state index in [0.717, 1.165) is 18.7 Å². The number of nitrogens with two attached hydrogens (primary N) is 1. The van der Waals surface area contributed by atoms with Gasteiger partial charge in [0.05, 0.1) is 17.9 Å². The summed E-state index contributed by atoms with van der Waals surface area (Å²) in [6.07, 6.45) is 4.52. The van der Waals surface area contributed by atoms with Crippen LogP contribution in [0.3, 0.4) is 0 Å². The molecule has 1 fully saturated rings. The highest BCUT2D eigenvalue weighted by molar-refractivity contribution is 5.97. The van der Waals surface area contributed by atoms with E-state index in [-0.39, 0.29) is 0 Å². The van der Waals surface area contributed by atoms with Gasteiger partial charge in [0, 0.05) is 12.6 Å². The molecular formula is C16H24N2O2. The van der Waals surface area contributed by atoms with E-state index in [9.17, 15) is 4.79 Å². The molecule has 110 valence electrons. The Morgan fingerprint density at radius 3 is 2.90 bits per heavy atom. The first kappa shape index (κ1) is 14.7. The maximum atomic E-state index is 11.6. The summed E-state index contributed by atoms with van der Waals surface area (Å²) in [5.74, 6) is 0.221. The van der Waals surface area contributed by atoms with Gasteiger partial charge >= 0.3 is 0 Å². The van der Waals surface area contributed by atoms with Crippen LogP contribution in [0.15, 0.2) is 18.2 Å². The molecule has 0 spiro atoms. The van der Waals surface area contributed by atoms with Gasteiger partial charge in [-0.2, -0.15) is 0 Å². The quantitative estimate of drug-likeness (QED) is 0.899. The van der Waals surface area contributed by atoms with Crippen LogP contribution in [0.1, 0.15) is 49.9 Å². The van der Waals surface area contributed by atoms with Gasteiger partial charge in [-0.05, 0) is 44.7 Å². The zero-order valence-electron chi connectivity index (χ0n) is 12.4. The van der Waals surface area contributed by atoms with Crippen LogP contribution in [0.25, 0.3) is 0 Å². The fourth-order valence-corrected chi connectivity index (χ4v) is 2.76. The van der Waals surface area contributed by atoms with Crippen molar-refractivity contribution in [3.05, 3.63) is 23.8 Å². The van der Waals surface area contributed by atoms with Crippen molar-refractivity contribution in [2.75, 3.05) is 18.1 Å². The van der Waals surface area contributed by atoms with E-state index in [2.05, 4.69) is 18.7 Å². The third kappa shape index (κ3) is 3.06. The van der Waals surface area contributed by atoms with Crippen LogP contribution < -0.4 is 15.4 Å². The van der Waals surface area contributed by atoms with Crippen molar-refractivity contribution in [2.45, 2.75) is 45.6 Å². The third-order valence-electron chi connectivity index (χ3n) is 3.82. The first-order valence-electron chi connectivity index (χ1n) is 7.47. The van der Waals surface area contributed by atoms with E-state index in [0.29, 0.717) is 24.0 Å². The first-order valence-corrected chi connectivity index (χ1v) is 7.47. The molecule has 2 rings (SSSR count). The van der Waals surface area contributed by atoms with Crippen molar-refractivity contribution in [2.24, 2.45) is 5.73 Å². The summed E-state index contributed by atoms with van der Waals surface area (Å²) in [7, 11) is 0. The molecule has 0 saturated carbocycles. The minimum atomic E-state index is -0.428. The zero-order chi connectivity index (χ0) is 14.5. The van der Waals surface area contributed by atoms with Crippen molar-refractivity contribution in [3.63, 3.8) is 0 Å². The van der Waals surface area contributed by atoms with Gasteiger partial charge in [-0.25, -0.2) is 0 Å². The number of para-hydroxylation sites is 1. The standard InChI is InChI=1S/C16H24N2O2/c1-3-11-20-15-13(16(17)19)8-6-9-14(15)18-10-5-4-7-12(18)2/h6,8-9,12H,3-5,7,10-11H2,1-2H3,(H2,17,19). The van der Waals surface area contributed by atoms with Gasteiger partial charge in [-0.3, -0.25) is 4.79 Å². The molecule has 1 aromatic rings. The van der Waals surface area contributed by atoms with E-state index in [4.69, 9.17) is 10.5 Å². The number of anilines is 1. The number of piperidine rings is 1. The van der Waals surface area contributed by atoms with Gasteiger partial charge in [0.15, 0.2) is 5.75 Å². The number of primary amides is 1. The van der Waals surface area contributed by atoms with Crippen LogP contribution >= 0.6 is 0 Å². The van der Waals surface area contributed by atoms with Gasteiger partial charge in [-0.1, -0.05) is 13.0 Å². The molecule has 1 unspecified atom stereocenters. The Bertz CT molecular complexity index is 474. The van der Waals surface area contributed by atoms with Crippen molar-refractivity contribution in [1.29, 1.82) is 0 Å². The summed E-state index contributed by atoms with van der Waals surface area (Å²) < 4.78 is 5.84. The smallest absolute Gasteiger partial charge is 0.252 e. The molecule has 20 heavy (non-hydrogen) atoms. The van der Waals surface area contributed by atoms with Crippen LogP contribution in [-0.4, -0.2) is 25.1 Å². The Kier molecular flexibility index (Phi) is 4.88. The molecule has 1 amide bonds. The lowest BCUT2D eigenvalue weighted by molar-refractivity contribution is 0.0996. The van der Waals surface area contributed by atoms with Crippen molar-refractivity contribution < 1.29 is 9.53 Å². The van der Waals surface area contributed by atoms with E-state index >= 15 is 0 Å². The molecule has 2 N–H and O–H groups in total. The number of ether oxygens (including phenoxy) is 1. The number of amides is 1. The lowest BCUT2D eigenvalue weighted by Crippen LogP contribution is -2.38. The van der Waals surface area contributed by atoms with E-state index in [1.807, 2.05) is 12.1 Å². The summed E-state index contributed by atoms with van der Waals surface area (Å²) in [4.78, 5) is 14.0. The Morgan fingerprint density at radius 1 is 1.45 bits per heavy atom. The number of hydrogen-bond donors (Lipinski definition) is 1. The number of carbonyl (C=O) groups excluding carboxylic acids is 1. The predicted molar refractivity (Wildman–Crippen MR) is 81.4 cm³/mol. The highest BCUT2D eigenvalue weighted by Crippen LogP contribution is 2.35. The second-order valence-electron chi connectivity index (χ2n) is 5.40. The largest absolute Gasteiger partial charge is 0.491 e. The highest BCUT2D eigenvalue weighted by atomic mass is 16.5. The predicted octanol–water partition coefficient (Wildman–Crippen LogP) is 2.95. The van der Waals surface area contributed by atoms with Crippen molar-refractivity contribution in [3.8, 4) is 5.75 Å². The Balaban J connectivity index is 2.39.